The molecule has 114 valence electrons. The summed E-state index contributed by atoms with van der Waals surface area (Å²) >= 11 is 0. The van der Waals surface area contributed by atoms with Gasteiger partial charge in [-0.1, -0.05) is 0 Å². The van der Waals surface area contributed by atoms with E-state index in [2.05, 4.69) is 5.10 Å². The lowest BCUT2D eigenvalue weighted by Crippen LogP contribution is -2.23. The van der Waals surface area contributed by atoms with Crippen LogP contribution in [0.5, 0.6) is 11.5 Å². The van der Waals surface area contributed by atoms with Crippen LogP contribution in [-0.2, 0) is 0 Å². The minimum Gasteiger partial charge on any atom is -0.497 e. The van der Waals surface area contributed by atoms with E-state index in [9.17, 15) is 0 Å². The molecule has 0 aliphatic heterocycles. The Labute approximate surface area is 129 Å². The maximum absolute atomic E-state index is 5.68. The zero-order valence-corrected chi connectivity index (χ0v) is 12.7. The van der Waals surface area contributed by atoms with Crippen LogP contribution in [-0.4, -0.2) is 29.5 Å². The lowest BCUT2D eigenvalue weighted by molar-refractivity contribution is 0.296. The van der Waals surface area contributed by atoms with Gasteiger partial charge in [0.25, 0.3) is 0 Å². The molecule has 0 aliphatic carbocycles. The number of benzene rings is 2. The molecule has 0 unspecified atom stereocenters. The van der Waals surface area contributed by atoms with Gasteiger partial charge in [0, 0.05) is 17.6 Å². The summed E-state index contributed by atoms with van der Waals surface area (Å²) in [6, 6.07) is 13.6. The monoisotopic (exact) mass is 297 g/mol. The van der Waals surface area contributed by atoms with Crippen LogP contribution in [0.4, 0.5) is 0 Å². The summed E-state index contributed by atoms with van der Waals surface area (Å²) in [4.78, 5) is 0. The molecule has 0 bridgehead atoms. The highest BCUT2D eigenvalue weighted by molar-refractivity contribution is 5.80. The van der Waals surface area contributed by atoms with E-state index in [0.29, 0.717) is 6.61 Å². The van der Waals surface area contributed by atoms with Gasteiger partial charge < -0.3 is 15.2 Å². The number of ether oxygens (including phenoxy) is 2. The maximum atomic E-state index is 5.68. The van der Waals surface area contributed by atoms with Crippen molar-refractivity contribution in [3.8, 4) is 17.2 Å². The molecule has 5 heteroatoms. The second-order valence-corrected chi connectivity index (χ2v) is 5.28. The van der Waals surface area contributed by atoms with E-state index in [1.54, 1.807) is 7.11 Å². The van der Waals surface area contributed by atoms with Gasteiger partial charge in [0.15, 0.2) is 0 Å². The Bertz CT molecular complexity index is 763. The van der Waals surface area contributed by atoms with Gasteiger partial charge in [0.2, 0.25) is 0 Å². The van der Waals surface area contributed by atoms with E-state index >= 15 is 0 Å². The molecule has 0 radical (unpaired) electrons. The second-order valence-electron chi connectivity index (χ2n) is 5.28. The summed E-state index contributed by atoms with van der Waals surface area (Å²) in [6.07, 6.45) is 1.98. The van der Waals surface area contributed by atoms with Crippen LogP contribution in [0.1, 0.15) is 6.92 Å². The first-order valence-corrected chi connectivity index (χ1v) is 7.18. The van der Waals surface area contributed by atoms with Gasteiger partial charge in [0.05, 0.1) is 18.3 Å². The highest BCUT2D eigenvalue weighted by Gasteiger charge is 2.05. The Morgan fingerprint density at radius 3 is 2.55 bits per heavy atom. The molecule has 0 fully saturated rings. The number of fused-ring (bicyclic) bond motifs is 1. The molecule has 22 heavy (non-hydrogen) atoms. The summed E-state index contributed by atoms with van der Waals surface area (Å²) in [5, 5.41) is 5.60. The van der Waals surface area contributed by atoms with Crippen molar-refractivity contribution in [1.29, 1.82) is 0 Å². The van der Waals surface area contributed by atoms with Crippen LogP contribution in [0.3, 0.4) is 0 Å². The van der Waals surface area contributed by atoms with Crippen molar-refractivity contribution < 1.29 is 9.47 Å². The number of nitrogens with two attached hydrogens (primary N) is 1. The van der Waals surface area contributed by atoms with E-state index in [1.165, 1.54) is 0 Å². The minimum atomic E-state index is 0.0195. The SMILES string of the molecule is COc1ccc2nn(-c3ccc(OC[C@H](C)N)cc3)cc2c1. The van der Waals surface area contributed by atoms with E-state index in [0.717, 1.165) is 28.1 Å². The standard InChI is InChI=1S/C17H19N3O2/c1-12(18)11-22-15-5-3-14(4-6-15)20-10-13-9-16(21-2)7-8-17(13)19-20/h3-10,12H,11,18H2,1-2H3/t12-/m0/s1. The van der Waals surface area contributed by atoms with Gasteiger partial charge in [-0.05, 0) is 49.4 Å². The maximum Gasteiger partial charge on any atom is 0.119 e. The van der Waals surface area contributed by atoms with Crippen molar-refractivity contribution in [3.05, 3.63) is 48.7 Å². The van der Waals surface area contributed by atoms with Crippen LogP contribution in [0, 0.1) is 0 Å². The van der Waals surface area contributed by atoms with Gasteiger partial charge in [0.1, 0.15) is 18.1 Å². The highest BCUT2D eigenvalue weighted by atomic mass is 16.5. The first-order valence-electron chi connectivity index (χ1n) is 7.18. The lowest BCUT2D eigenvalue weighted by atomic mass is 10.2. The summed E-state index contributed by atoms with van der Waals surface area (Å²) in [6.45, 7) is 2.42. The zero-order valence-electron chi connectivity index (χ0n) is 12.7. The minimum absolute atomic E-state index is 0.0195. The third-order valence-corrected chi connectivity index (χ3v) is 3.33. The van der Waals surface area contributed by atoms with E-state index in [4.69, 9.17) is 15.2 Å². The molecule has 1 atom stereocenters. The molecular weight excluding hydrogens is 278 g/mol. The number of hydrogen-bond acceptors (Lipinski definition) is 4. The molecular formula is C17H19N3O2. The van der Waals surface area contributed by atoms with Gasteiger partial charge in [-0.25, -0.2) is 4.68 Å². The highest BCUT2D eigenvalue weighted by Crippen LogP contribution is 2.22. The van der Waals surface area contributed by atoms with Gasteiger partial charge in [-0.3, -0.25) is 0 Å². The van der Waals surface area contributed by atoms with Crippen molar-refractivity contribution in [2.45, 2.75) is 13.0 Å². The Kier molecular flexibility index (Phi) is 3.98. The Morgan fingerprint density at radius 1 is 1.14 bits per heavy atom. The van der Waals surface area contributed by atoms with Crippen molar-refractivity contribution in [1.82, 2.24) is 9.78 Å². The summed E-state index contributed by atoms with van der Waals surface area (Å²) in [5.74, 6) is 1.63. The summed E-state index contributed by atoms with van der Waals surface area (Å²) < 4.78 is 12.7. The molecule has 5 nitrogen and oxygen atoms in total. The third kappa shape index (κ3) is 3.04. The molecule has 0 amide bonds. The molecule has 1 aromatic heterocycles. The molecule has 1 heterocycles. The third-order valence-electron chi connectivity index (χ3n) is 3.33. The van der Waals surface area contributed by atoms with Crippen LogP contribution >= 0.6 is 0 Å². The van der Waals surface area contributed by atoms with E-state index in [-0.39, 0.29) is 6.04 Å². The fourth-order valence-corrected chi connectivity index (χ4v) is 2.19. The fourth-order valence-electron chi connectivity index (χ4n) is 2.19. The lowest BCUT2D eigenvalue weighted by Gasteiger charge is -2.09. The first-order chi connectivity index (χ1) is 10.7. The average Bonchev–Trinajstić information content (AvgIpc) is 2.96. The molecule has 0 saturated heterocycles. The number of rotatable bonds is 5. The Hall–Kier alpha value is -2.53. The fraction of sp³-hybridized carbons (Fsp3) is 0.235. The Morgan fingerprint density at radius 2 is 1.86 bits per heavy atom. The average molecular weight is 297 g/mol. The molecule has 0 aliphatic rings. The quantitative estimate of drug-likeness (QED) is 0.786. The van der Waals surface area contributed by atoms with Crippen molar-refractivity contribution in [2.75, 3.05) is 13.7 Å². The van der Waals surface area contributed by atoms with Crippen molar-refractivity contribution in [3.63, 3.8) is 0 Å². The normalized spacial score (nSPS) is 12.3. The molecule has 3 aromatic rings. The predicted octanol–water partition coefficient (Wildman–Crippen LogP) is 2.76. The summed E-state index contributed by atoms with van der Waals surface area (Å²) in [5.41, 5.74) is 7.58. The largest absolute Gasteiger partial charge is 0.497 e. The number of hydrogen-bond donors (Lipinski definition) is 1. The number of methoxy groups -OCH3 is 1. The van der Waals surface area contributed by atoms with Gasteiger partial charge >= 0.3 is 0 Å². The zero-order chi connectivity index (χ0) is 15.5. The van der Waals surface area contributed by atoms with Crippen LogP contribution in [0.15, 0.2) is 48.7 Å². The molecule has 3 rings (SSSR count). The molecule has 0 saturated carbocycles. The van der Waals surface area contributed by atoms with Crippen LogP contribution in [0.25, 0.3) is 16.6 Å². The van der Waals surface area contributed by atoms with Gasteiger partial charge in [-0.2, -0.15) is 5.10 Å². The Balaban J connectivity index is 1.84. The van der Waals surface area contributed by atoms with Gasteiger partial charge in [-0.15, -0.1) is 0 Å². The molecule has 2 N–H and O–H groups in total. The topological polar surface area (TPSA) is 62.3 Å². The van der Waals surface area contributed by atoms with Crippen LogP contribution < -0.4 is 15.2 Å². The number of aromatic nitrogens is 2. The smallest absolute Gasteiger partial charge is 0.119 e. The van der Waals surface area contributed by atoms with Crippen molar-refractivity contribution in [2.24, 2.45) is 5.73 Å². The van der Waals surface area contributed by atoms with Crippen molar-refractivity contribution >= 4 is 10.9 Å². The second kappa shape index (κ2) is 6.07. The summed E-state index contributed by atoms with van der Waals surface area (Å²) in [7, 11) is 1.66. The molecule has 0 spiro atoms. The van der Waals surface area contributed by atoms with Crippen LogP contribution in [0.2, 0.25) is 0 Å². The molecule has 2 aromatic carbocycles. The first kappa shape index (κ1) is 14.4. The van der Waals surface area contributed by atoms with E-state index < -0.39 is 0 Å². The van der Waals surface area contributed by atoms with E-state index in [1.807, 2.05) is 60.3 Å². The number of nitrogens with zero attached hydrogens (tertiary/aromatic N) is 2. The predicted molar refractivity (Wildman–Crippen MR) is 86.8 cm³/mol.